The van der Waals surface area contributed by atoms with Gasteiger partial charge in [0.15, 0.2) is 0 Å². The molecule has 0 aliphatic carbocycles. The number of carbonyl (C=O) groups is 2. The van der Waals surface area contributed by atoms with Crippen LogP contribution in [-0.2, 0) is 4.79 Å². The maximum Gasteiger partial charge on any atom is 0.274 e. The molecule has 0 N–H and O–H groups in total. The summed E-state index contributed by atoms with van der Waals surface area (Å²) in [6.45, 7) is 3.89. The lowest BCUT2D eigenvalue weighted by Crippen LogP contribution is -2.64. The second kappa shape index (κ2) is 6.70. The lowest BCUT2D eigenvalue weighted by Gasteiger charge is -2.46. The molecule has 0 aromatic carbocycles. The molecular weight excluding hydrogens is 344 g/mol. The molecule has 2 fully saturated rings. The minimum Gasteiger partial charge on any atom is -0.335 e. The lowest BCUT2D eigenvalue weighted by atomic mass is 9.92. The van der Waals surface area contributed by atoms with E-state index in [1.807, 2.05) is 31.0 Å². The summed E-state index contributed by atoms with van der Waals surface area (Å²) in [6, 6.07) is 3.72. The maximum atomic E-state index is 12.8. The minimum atomic E-state index is -0.266. The molecule has 2 aliphatic rings. The van der Waals surface area contributed by atoms with Gasteiger partial charge in [0.05, 0.1) is 35.9 Å². The summed E-state index contributed by atoms with van der Waals surface area (Å²) in [7, 11) is 1.96. The first-order valence-corrected chi connectivity index (χ1v) is 8.98. The number of hydrogen-bond acceptors (Lipinski definition) is 6. The van der Waals surface area contributed by atoms with Crippen molar-refractivity contribution in [1.29, 1.82) is 0 Å². The van der Waals surface area contributed by atoms with Crippen molar-refractivity contribution in [3.63, 3.8) is 0 Å². The SMILES string of the molecule is Cc1cnc(C(=O)N2CCC3(C2)CN(c2cccnc2)C(=O)CN3C)cn1. The molecule has 1 unspecified atom stereocenters. The first-order valence-electron chi connectivity index (χ1n) is 8.98. The number of pyridine rings is 1. The third-order valence-corrected chi connectivity index (χ3v) is 5.51. The van der Waals surface area contributed by atoms with Crippen molar-refractivity contribution >= 4 is 17.5 Å². The van der Waals surface area contributed by atoms with Crippen LogP contribution in [0.5, 0.6) is 0 Å². The van der Waals surface area contributed by atoms with Gasteiger partial charge in [-0.05, 0) is 32.5 Å². The number of piperazine rings is 1. The molecule has 0 bridgehead atoms. The third-order valence-electron chi connectivity index (χ3n) is 5.51. The van der Waals surface area contributed by atoms with E-state index in [0.717, 1.165) is 17.8 Å². The predicted molar refractivity (Wildman–Crippen MR) is 99.2 cm³/mol. The van der Waals surface area contributed by atoms with E-state index in [9.17, 15) is 9.59 Å². The zero-order valence-electron chi connectivity index (χ0n) is 15.5. The molecule has 4 rings (SSSR count). The number of anilines is 1. The molecule has 8 nitrogen and oxygen atoms in total. The van der Waals surface area contributed by atoms with Crippen LogP contribution in [0.1, 0.15) is 22.6 Å². The molecule has 0 saturated carbocycles. The Kier molecular flexibility index (Phi) is 4.35. The Hall–Kier alpha value is -2.87. The van der Waals surface area contributed by atoms with E-state index in [0.29, 0.717) is 31.9 Å². The van der Waals surface area contributed by atoms with Crippen LogP contribution in [0.25, 0.3) is 0 Å². The normalized spacial score (nSPS) is 23.3. The average Bonchev–Trinajstić information content (AvgIpc) is 3.11. The molecule has 140 valence electrons. The molecule has 0 radical (unpaired) electrons. The summed E-state index contributed by atoms with van der Waals surface area (Å²) in [6.07, 6.45) is 7.33. The lowest BCUT2D eigenvalue weighted by molar-refractivity contribution is -0.123. The van der Waals surface area contributed by atoms with Crippen LogP contribution in [0, 0.1) is 6.92 Å². The summed E-state index contributed by atoms with van der Waals surface area (Å²) in [5.41, 5.74) is 1.67. The number of amides is 2. The molecule has 2 amide bonds. The van der Waals surface area contributed by atoms with Crippen LogP contribution in [0.4, 0.5) is 5.69 Å². The van der Waals surface area contributed by atoms with E-state index in [1.165, 1.54) is 6.20 Å². The van der Waals surface area contributed by atoms with Crippen LogP contribution in [-0.4, -0.2) is 75.3 Å². The topological polar surface area (TPSA) is 82.5 Å². The van der Waals surface area contributed by atoms with Crippen molar-refractivity contribution in [3.05, 3.63) is 48.3 Å². The molecule has 2 saturated heterocycles. The third kappa shape index (κ3) is 3.16. The second-order valence-corrected chi connectivity index (χ2v) is 7.29. The first-order chi connectivity index (χ1) is 13.0. The second-order valence-electron chi connectivity index (χ2n) is 7.29. The fourth-order valence-corrected chi connectivity index (χ4v) is 3.84. The summed E-state index contributed by atoms with van der Waals surface area (Å²) < 4.78 is 0. The maximum absolute atomic E-state index is 12.8. The van der Waals surface area contributed by atoms with Crippen LogP contribution >= 0.6 is 0 Å². The summed E-state index contributed by atoms with van der Waals surface area (Å²) in [5.74, 6) is -0.0668. The summed E-state index contributed by atoms with van der Waals surface area (Å²) in [5, 5.41) is 0. The van der Waals surface area contributed by atoms with Crippen molar-refractivity contribution in [1.82, 2.24) is 24.8 Å². The van der Waals surface area contributed by atoms with Gasteiger partial charge in [0.25, 0.3) is 5.91 Å². The van der Waals surface area contributed by atoms with E-state index < -0.39 is 0 Å². The van der Waals surface area contributed by atoms with Crippen LogP contribution < -0.4 is 4.90 Å². The number of hydrogen-bond donors (Lipinski definition) is 0. The van der Waals surface area contributed by atoms with Crippen molar-refractivity contribution in [2.75, 3.05) is 38.1 Å². The predicted octanol–water partition coefficient (Wildman–Crippen LogP) is 0.743. The van der Waals surface area contributed by atoms with E-state index in [2.05, 4.69) is 19.9 Å². The first kappa shape index (κ1) is 17.5. The molecular formula is C19H22N6O2. The minimum absolute atomic E-state index is 0.0466. The van der Waals surface area contributed by atoms with Gasteiger partial charge in [0, 0.05) is 32.0 Å². The Morgan fingerprint density at radius 3 is 2.74 bits per heavy atom. The number of likely N-dealkylation sites (N-methyl/N-ethyl adjacent to an activating group) is 1. The number of likely N-dealkylation sites (tertiary alicyclic amines) is 1. The van der Waals surface area contributed by atoms with Gasteiger partial charge in [0.2, 0.25) is 5.91 Å². The van der Waals surface area contributed by atoms with E-state index in [4.69, 9.17) is 0 Å². The highest BCUT2D eigenvalue weighted by Gasteiger charge is 2.48. The zero-order valence-corrected chi connectivity index (χ0v) is 15.5. The fourth-order valence-electron chi connectivity index (χ4n) is 3.84. The molecule has 4 heterocycles. The average molecular weight is 366 g/mol. The monoisotopic (exact) mass is 366 g/mol. The molecule has 1 spiro atoms. The molecule has 8 heteroatoms. The Bertz CT molecular complexity index is 856. The van der Waals surface area contributed by atoms with Crippen molar-refractivity contribution in [2.24, 2.45) is 0 Å². The molecule has 1 atom stereocenters. The van der Waals surface area contributed by atoms with Gasteiger partial charge in [-0.3, -0.25) is 24.5 Å². The Balaban J connectivity index is 1.55. The molecule has 2 aliphatic heterocycles. The molecule has 2 aromatic heterocycles. The Morgan fingerprint density at radius 2 is 2.04 bits per heavy atom. The molecule has 2 aromatic rings. The van der Waals surface area contributed by atoms with E-state index in [-0.39, 0.29) is 17.4 Å². The highest BCUT2D eigenvalue weighted by atomic mass is 16.2. The summed E-state index contributed by atoms with van der Waals surface area (Å²) >= 11 is 0. The van der Waals surface area contributed by atoms with Gasteiger partial charge in [0.1, 0.15) is 5.69 Å². The standard InChI is InChI=1S/C19H22N6O2/c1-14-8-22-16(10-21-14)18(27)24-7-5-19(12-24)13-25(17(26)11-23(19)2)15-4-3-6-20-9-15/h3-4,6,8-10H,5,7,11-13H2,1-2H3. The van der Waals surface area contributed by atoms with Gasteiger partial charge in [-0.1, -0.05) is 0 Å². The smallest absolute Gasteiger partial charge is 0.274 e. The Labute approximate surface area is 157 Å². The van der Waals surface area contributed by atoms with Gasteiger partial charge in [-0.2, -0.15) is 0 Å². The largest absolute Gasteiger partial charge is 0.335 e. The van der Waals surface area contributed by atoms with Crippen LogP contribution in [0.2, 0.25) is 0 Å². The fraction of sp³-hybridized carbons (Fsp3) is 0.421. The highest BCUT2D eigenvalue weighted by molar-refractivity contribution is 5.96. The van der Waals surface area contributed by atoms with Gasteiger partial charge in [-0.15, -0.1) is 0 Å². The number of rotatable bonds is 2. The number of aryl methyl sites for hydroxylation is 1. The van der Waals surface area contributed by atoms with E-state index >= 15 is 0 Å². The van der Waals surface area contributed by atoms with Gasteiger partial charge in [-0.25, -0.2) is 4.98 Å². The van der Waals surface area contributed by atoms with Crippen molar-refractivity contribution < 1.29 is 9.59 Å². The Morgan fingerprint density at radius 1 is 1.19 bits per heavy atom. The number of nitrogens with zero attached hydrogens (tertiary/aromatic N) is 6. The van der Waals surface area contributed by atoms with Crippen molar-refractivity contribution in [2.45, 2.75) is 18.9 Å². The number of carbonyl (C=O) groups excluding carboxylic acids is 2. The highest BCUT2D eigenvalue weighted by Crippen LogP contribution is 2.33. The quantitative estimate of drug-likeness (QED) is 0.780. The summed E-state index contributed by atoms with van der Waals surface area (Å²) in [4.78, 5) is 43.6. The molecule has 27 heavy (non-hydrogen) atoms. The van der Waals surface area contributed by atoms with Crippen LogP contribution in [0.3, 0.4) is 0 Å². The van der Waals surface area contributed by atoms with E-state index in [1.54, 1.807) is 23.5 Å². The number of aromatic nitrogens is 3. The van der Waals surface area contributed by atoms with Crippen LogP contribution in [0.15, 0.2) is 36.9 Å². The van der Waals surface area contributed by atoms with Gasteiger partial charge < -0.3 is 9.80 Å². The van der Waals surface area contributed by atoms with Crippen molar-refractivity contribution in [3.8, 4) is 0 Å². The van der Waals surface area contributed by atoms with Gasteiger partial charge >= 0.3 is 0 Å². The zero-order chi connectivity index (χ0) is 19.0.